The molecule has 2 aromatic carbocycles. The summed E-state index contributed by atoms with van der Waals surface area (Å²) in [6, 6.07) is 12.5. The zero-order valence-electron chi connectivity index (χ0n) is 16.1. The van der Waals surface area contributed by atoms with Crippen molar-refractivity contribution in [1.29, 1.82) is 0 Å². The van der Waals surface area contributed by atoms with Gasteiger partial charge in [0.05, 0.1) is 4.90 Å². The van der Waals surface area contributed by atoms with Gasteiger partial charge in [-0.1, -0.05) is 16.8 Å². The quantitative estimate of drug-likeness (QED) is 0.637. The molecule has 1 unspecified atom stereocenters. The van der Waals surface area contributed by atoms with Gasteiger partial charge in [0.2, 0.25) is 27.6 Å². The van der Waals surface area contributed by atoms with E-state index in [1.807, 2.05) is 0 Å². The fourth-order valence-corrected chi connectivity index (χ4v) is 5.19. The Morgan fingerprint density at radius 2 is 1.87 bits per heavy atom. The molecule has 1 amide bonds. The molecule has 0 aliphatic carbocycles. The van der Waals surface area contributed by atoms with Crippen LogP contribution in [0.3, 0.4) is 0 Å². The molecule has 10 heteroatoms. The van der Waals surface area contributed by atoms with Crippen molar-refractivity contribution in [3.05, 3.63) is 59.4 Å². The number of anilines is 1. The minimum absolute atomic E-state index is 0.140. The molecular weight excluding hydrogens is 428 g/mol. The number of aromatic nitrogens is 2. The van der Waals surface area contributed by atoms with Crippen LogP contribution in [0.4, 0.5) is 5.69 Å². The summed E-state index contributed by atoms with van der Waals surface area (Å²) < 4.78 is 33.2. The number of hydrogen-bond acceptors (Lipinski definition) is 6. The molecule has 0 bridgehead atoms. The number of amides is 1. The van der Waals surface area contributed by atoms with E-state index in [-0.39, 0.29) is 16.7 Å². The summed E-state index contributed by atoms with van der Waals surface area (Å²) in [7, 11) is -3.77. The number of carbonyl (C=O) groups is 1. The zero-order chi connectivity index (χ0) is 21.3. The van der Waals surface area contributed by atoms with Gasteiger partial charge < -0.3 is 9.84 Å². The highest BCUT2D eigenvalue weighted by Gasteiger charge is 2.39. The SMILES string of the molecule is CC(=O)Nc1ccc(S(=O)(=O)N2CCCC2c2nc(-c3ccc(Cl)cc3)no2)cc1. The maximum Gasteiger partial charge on any atom is 0.245 e. The molecule has 30 heavy (non-hydrogen) atoms. The molecule has 1 aliphatic heterocycles. The summed E-state index contributed by atoms with van der Waals surface area (Å²) in [5.41, 5.74) is 1.26. The Kier molecular flexibility index (Phi) is 5.59. The van der Waals surface area contributed by atoms with Gasteiger partial charge in [-0.15, -0.1) is 0 Å². The van der Waals surface area contributed by atoms with Crippen molar-refractivity contribution >= 4 is 33.2 Å². The predicted molar refractivity (Wildman–Crippen MR) is 111 cm³/mol. The first kappa shape index (κ1) is 20.5. The average Bonchev–Trinajstić information content (AvgIpc) is 3.38. The molecule has 2 heterocycles. The first-order chi connectivity index (χ1) is 14.3. The summed E-state index contributed by atoms with van der Waals surface area (Å²) in [5.74, 6) is 0.416. The van der Waals surface area contributed by atoms with Crippen molar-refractivity contribution in [1.82, 2.24) is 14.4 Å². The lowest BCUT2D eigenvalue weighted by Crippen LogP contribution is -2.30. The fourth-order valence-electron chi connectivity index (χ4n) is 3.41. The van der Waals surface area contributed by atoms with Gasteiger partial charge in [0.25, 0.3) is 0 Å². The van der Waals surface area contributed by atoms with Crippen molar-refractivity contribution in [3.63, 3.8) is 0 Å². The Morgan fingerprint density at radius 3 is 2.53 bits per heavy atom. The highest BCUT2D eigenvalue weighted by Crippen LogP contribution is 2.36. The lowest BCUT2D eigenvalue weighted by molar-refractivity contribution is -0.114. The topological polar surface area (TPSA) is 105 Å². The molecule has 4 rings (SSSR count). The monoisotopic (exact) mass is 446 g/mol. The largest absolute Gasteiger partial charge is 0.337 e. The van der Waals surface area contributed by atoms with Gasteiger partial charge in [-0.3, -0.25) is 4.79 Å². The Hall–Kier alpha value is -2.75. The van der Waals surface area contributed by atoms with Crippen LogP contribution in [-0.4, -0.2) is 35.3 Å². The second-order valence-electron chi connectivity index (χ2n) is 6.94. The van der Waals surface area contributed by atoms with E-state index in [2.05, 4.69) is 15.5 Å². The zero-order valence-corrected chi connectivity index (χ0v) is 17.7. The van der Waals surface area contributed by atoms with Crippen LogP contribution in [0, 0.1) is 0 Å². The smallest absolute Gasteiger partial charge is 0.245 e. The number of nitrogens with one attached hydrogen (secondary N) is 1. The Labute approximate surface area is 178 Å². The second kappa shape index (κ2) is 8.17. The van der Waals surface area contributed by atoms with E-state index in [0.717, 1.165) is 5.56 Å². The standard InChI is InChI=1S/C20H19ClN4O4S/c1-13(26)22-16-8-10-17(11-9-16)30(27,28)25-12-2-3-18(25)20-23-19(24-29-20)14-4-6-15(21)7-5-14/h4-11,18H,2-3,12H2,1H3,(H,22,26). The molecule has 1 aliphatic rings. The third-order valence-electron chi connectivity index (χ3n) is 4.81. The summed E-state index contributed by atoms with van der Waals surface area (Å²) in [4.78, 5) is 15.7. The van der Waals surface area contributed by atoms with Crippen LogP contribution >= 0.6 is 11.6 Å². The van der Waals surface area contributed by atoms with Crippen molar-refractivity contribution in [3.8, 4) is 11.4 Å². The van der Waals surface area contributed by atoms with Crippen molar-refractivity contribution < 1.29 is 17.7 Å². The highest BCUT2D eigenvalue weighted by molar-refractivity contribution is 7.89. The van der Waals surface area contributed by atoms with Gasteiger partial charge in [0.1, 0.15) is 6.04 Å². The van der Waals surface area contributed by atoms with Crippen LogP contribution in [0.15, 0.2) is 57.9 Å². The summed E-state index contributed by atoms with van der Waals surface area (Å²) >= 11 is 5.91. The van der Waals surface area contributed by atoms with E-state index in [1.54, 1.807) is 36.4 Å². The number of rotatable bonds is 5. The van der Waals surface area contributed by atoms with E-state index >= 15 is 0 Å². The van der Waals surface area contributed by atoms with E-state index < -0.39 is 16.1 Å². The number of nitrogens with zero attached hydrogens (tertiary/aromatic N) is 3. The van der Waals surface area contributed by atoms with Gasteiger partial charge in [-0.2, -0.15) is 9.29 Å². The molecule has 8 nitrogen and oxygen atoms in total. The molecule has 3 aromatic rings. The van der Waals surface area contributed by atoms with Crippen molar-refractivity contribution in [2.24, 2.45) is 0 Å². The lowest BCUT2D eigenvalue weighted by Gasteiger charge is -2.21. The highest BCUT2D eigenvalue weighted by atomic mass is 35.5. The number of sulfonamides is 1. The van der Waals surface area contributed by atoms with Gasteiger partial charge in [0, 0.05) is 29.7 Å². The van der Waals surface area contributed by atoms with Crippen molar-refractivity contribution in [2.45, 2.75) is 30.7 Å². The van der Waals surface area contributed by atoms with Gasteiger partial charge in [-0.05, 0) is 61.4 Å². The fraction of sp³-hybridized carbons (Fsp3) is 0.250. The van der Waals surface area contributed by atoms with Gasteiger partial charge in [-0.25, -0.2) is 8.42 Å². The molecule has 1 aromatic heterocycles. The minimum Gasteiger partial charge on any atom is -0.337 e. The Bertz CT molecular complexity index is 1160. The third kappa shape index (κ3) is 4.09. The molecule has 0 radical (unpaired) electrons. The van der Waals surface area contributed by atoms with Crippen LogP contribution in [0.2, 0.25) is 5.02 Å². The van der Waals surface area contributed by atoms with Crippen LogP contribution in [0.25, 0.3) is 11.4 Å². The van der Waals surface area contributed by atoms with E-state index in [9.17, 15) is 13.2 Å². The number of carbonyl (C=O) groups excluding carboxylic acids is 1. The van der Waals surface area contributed by atoms with E-state index in [1.165, 1.54) is 23.4 Å². The average molecular weight is 447 g/mol. The summed E-state index contributed by atoms with van der Waals surface area (Å²) in [6.45, 7) is 1.75. The maximum absolute atomic E-state index is 13.2. The lowest BCUT2D eigenvalue weighted by atomic mass is 10.2. The second-order valence-corrected chi connectivity index (χ2v) is 9.27. The molecular formula is C20H19ClN4O4S. The van der Waals surface area contributed by atoms with E-state index in [4.69, 9.17) is 16.1 Å². The van der Waals surface area contributed by atoms with Crippen molar-refractivity contribution in [2.75, 3.05) is 11.9 Å². The molecule has 1 saturated heterocycles. The normalized spacial score (nSPS) is 17.2. The van der Waals surface area contributed by atoms with Crippen LogP contribution in [0.5, 0.6) is 0 Å². The number of halogens is 1. The minimum atomic E-state index is -3.77. The molecule has 1 fully saturated rings. The van der Waals surface area contributed by atoms with Gasteiger partial charge in [0.15, 0.2) is 0 Å². The van der Waals surface area contributed by atoms with Crippen LogP contribution in [0.1, 0.15) is 31.7 Å². The molecule has 1 atom stereocenters. The first-order valence-electron chi connectivity index (χ1n) is 9.33. The molecule has 0 saturated carbocycles. The molecule has 1 N–H and O–H groups in total. The predicted octanol–water partition coefficient (Wildman–Crippen LogP) is 3.87. The maximum atomic E-state index is 13.2. The first-order valence-corrected chi connectivity index (χ1v) is 11.2. The number of hydrogen-bond donors (Lipinski definition) is 1. The number of benzene rings is 2. The van der Waals surface area contributed by atoms with Gasteiger partial charge >= 0.3 is 0 Å². The van der Waals surface area contributed by atoms with Crippen LogP contribution in [-0.2, 0) is 14.8 Å². The van der Waals surface area contributed by atoms with E-state index in [0.29, 0.717) is 35.9 Å². The Balaban J connectivity index is 1.58. The molecule has 156 valence electrons. The Morgan fingerprint density at radius 1 is 1.17 bits per heavy atom. The third-order valence-corrected chi connectivity index (χ3v) is 6.99. The summed E-state index contributed by atoms with van der Waals surface area (Å²) in [6.07, 6.45) is 1.28. The summed E-state index contributed by atoms with van der Waals surface area (Å²) in [5, 5.41) is 7.22. The van der Waals surface area contributed by atoms with Crippen LogP contribution < -0.4 is 5.32 Å². The molecule has 0 spiro atoms.